The van der Waals surface area contributed by atoms with Gasteiger partial charge in [-0.25, -0.2) is 9.59 Å². The molecule has 1 saturated heterocycles. The average molecular weight is 289 g/mol. The van der Waals surface area contributed by atoms with Gasteiger partial charge < -0.3 is 15.0 Å². The lowest BCUT2D eigenvalue weighted by Crippen LogP contribution is -2.25. The van der Waals surface area contributed by atoms with E-state index in [1.165, 1.54) is 0 Å². The molecule has 2 heterocycles. The maximum atomic E-state index is 12.2. The van der Waals surface area contributed by atoms with Crippen molar-refractivity contribution in [3.63, 3.8) is 0 Å². The van der Waals surface area contributed by atoms with E-state index in [1.54, 1.807) is 22.8 Å². The van der Waals surface area contributed by atoms with E-state index in [4.69, 9.17) is 0 Å². The average Bonchev–Trinajstić information content (AvgIpc) is 3.04. The van der Waals surface area contributed by atoms with Crippen LogP contribution >= 0.6 is 0 Å². The Morgan fingerprint density at radius 2 is 2.29 bits per heavy atom. The van der Waals surface area contributed by atoms with Crippen molar-refractivity contribution in [2.75, 3.05) is 19.6 Å². The van der Waals surface area contributed by atoms with Gasteiger partial charge in [0.2, 0.25) is 0 Å². The Hall–Kier alpha value is -2.08. The zero-order chi connectivity index (χ0) is 15.0. The highest BCUT2D eigenvalue weighted by Gasteiger charge is 2.24. The number of aromatic amines is 1. The van der Waals surface area contributed by atoms with E-state index in [-0.39, 0.29) is 11.3 Å². The molecule has 112 valence electrons. The SMILES string of the molecule is CCN1CCC(Cn2c(=O)[nH]c3cccc(C(=O)O)c32)C1. The van der Waals surface area contributed by atoms with Gasteiger partial charge in [0.25, 0.3) is 0 Å². The Morgan fingerprint density at radius 3 is 2.95 bits per heavy atom. The van der Waals surface area contributed by atoms with Crippen LogP contribution < -0.4 is 5.69 Å². The number of benzene rings is 1. The summed E-state index contributed by atoms with van der Waals surface area (Å²) in [5.74, 6) is -0.613. The van der Waals surface area contributed by atoms with Gasteiger partial charge in [-0.15, -0.1) is 0 Å². The smallest absolute Gasteiger partial charge is 0.337 e. The van der Waals surface area contributed by atoms with Crippen LogP contribution in [0, 0.1) is 5.92 Å². The molecule has 0 aliphatic carbocycles. The highest BCUT2D eigenvalue weighted by Crippen LogP contribution is 2.21. The molecular weight excluding hydrogens is 270 g/mol. The van der Waals surface area contributed by atoms with E-state index in [2.05, 4.69) is 16.8 Å². The Bertz CT molecular complexity index is 731. The summed E-state index contributed by atoms with van der Waals surface area (Å²) in [7, 11) is 0. The van der Waals surface area contributed by atoms with Crippen molar-refractivity contribution in [2.24, 2.45) is 5.92 Å². The number of aromatic nitrogens is 2. The number of hydrogen-bond donors (Lipinski definition) is 2. The maximum Gasteiger partial charge on any atom is 0.337 e. The first-order valence-electron chi connectivity index (χ1n) is 7.27. The van der Waals surface area contributed by atoms with Crippen LogP contribution in [0.15, 0.2) is 23.0 Å². The summed E-state index contributed by atoms with van der Waals surface area (Å²) < 4.78 is 1.59. The molecule has 1 unspecified atom stereocenters. The number of carbonyl (C=O) groups is 1. The highest BCUT2D eigenvalue weighted by atomic mass is 16.4. The number of imidazole rings is 1. The lowest BCUT2D eigenvalue weighted by molar-refractivity contribution is 0.0698. The van der Waals surface area contributed by atoms with Crippen LogP contribution in [-0.2, 0) is 6.54 Å². The maximum absolute atomic E-state index is 12.2. The van der Waals surface area contributed by atoms with Crippen molar-refractivity contribution >= 4 is 17.0 Å². The molecule has 6 heteroatoms. The van der Waals surface area contributed by atoms with Crippen LogP contribution in [-0.4, -0.2) is 45.2 Å². The van der Waals surface area contributed by atoms with Crippen LogP contribution in [0.2, 0.25) is 0 Å². The lowest BCUT2D eigenvalue weighted by Gasteiger charge is -2.14. The molecule has 1 aromatic heterocycles. The summed E-state index contributed by atoms with van der Waals surface area (Å²) in [6.07, 6.45) is 1.04. The van der Waals surface area contributed by atoms with Gasteiger partial charge in [-0.05, 0) is 37.6 Å². The molecule has 0 bridgehead atoms. The number of H-pyrrole nitrogens is 1. The lowest BCUT2D eigenvalue weighted by atomic mass is 10.1. The molecule has 1 aliphatic rings. The van der Waals surface area contributed by atoms with Gasteiger partial charge in [0.05, 0.1) is 16.6 Å². The van der Waals surface area contributed by atoms with Gasteiger partial charge in [-0.2, -0.15) is 0 Å². The van der Waals surface area contributed by atoms with Crippen LogP contribution in [0.25, 0.3) is 11.0 Å². The zero-order valence-electron chi connectivity index (χ0n) is 12.0. The predicted octanol–water partition coefficient (Wildman–Crippen LogP) is 1.37. The summed E-state index contributed by atoms with van der Waals surface area (Å²) >= 11 is 0. The molecule has 0 radical (unpaired) electrons. The highest BCUT2D eigenvalue weighted by molar-refractivity contribution is 6.01. The molecule has 6 nitrogen and oxygen atoms in total. The third-order valence-electron chi connectivity index (χ3n) is 4.28. The van der Waals surface area contributed by atoms with Crippen LogP contribution in [0.4, 0.5) is 0 Å². The third-order valence-corrected chi connectivity index (χ3v) is 4.28. The standard InChI is InChI=1S/C15H19N3O3/c1-2-17-7-6-10(8-17)9-18-13-11(14(19)20)4-3-5-12(13)16-15(18)21/h3-5,10H,2,6-9H2,1H3,(H,16,21)(H,19,20). The normalized spacial score (nSPS) is 19.4. The van der Waals surface area contributed by atoms with E-state index in [1.807, 2.05) is 0 Å². The fourth-order valence-electron chi connectivity index (χ4n) is 3.17. The fourth-order valence-corrected chi connectivity index (χ4v) is 3.17. The molecule has 1 atom stereocenters. The molecule has 0 saturated carbocycles. The van der Waals surface area contributed by atoms with Crippen molar-refractivity contribution < 1.29 is 9.90 Å². The minimum Gasteiger partial charge on any atom is -0.478 e. The number of carboxylic acid groups (broad SMARTS) is 1. The first-order valence-corrected chi connectivity index (χ1v) is 7.27. The zero-order valence-corrected chi connectivity index (χ0v) is 12.0. The molecular formula is C15H19N3O3. The number of rotatable bonds is 4. The summed E-state index contributed by atoms with van der Waals surface area (Å²) in [5, 5.41) is 9.32. The molecule has 2 N–H and O–H groups in total. The third kappa shape index (κ3) is 2.47. The van der Waals surface area contributed by atoms with E-state index in [0.717, 1.165) is 26.1 Å². The molecule has 3 rings (SSSR count). The topological polar surface area (TPSA) is 78.3 Å². The molecule has 1 fully saturated rings. The van der Waals surface area contributed by atoms with Crippen molar-refractivity contribution in [1.82, 2.24) is 14.5 Å². The van der Waals surface area contributed by atoms with Crippen LogP contribution in [0.5, 0.6) is 0 Å². The van der Waals surface area contributed by atoms with Gasteiger partial charge in [0.15, 0.2) is 0 Å². The van der Waals surface area contributed by atoms with Crippen molar-refractivity contribution in [3.05, 3.63) is 34.2 Å². The van der Waals surface area contributed by atoms with E-state index < -0.39 is 5.97 Å². The van der Waals surface area contributed by atoms with Gasteiger partial charge in [0.1, 0.15) is 0 Å². The Balaban J connectivity index is 2.00. The second-order valence-electron chi connectivity index (χ2n) is 5.60. The number of carboxylic acids is 1. The Labute approximate surface area is 122 Å². The Morgan fingerprint density at radius 1 is 1.48 bits per heavy atom. The van der Waals surface area contributed by atoms with Crippen LogP contribution in [0.3, 0.4) is 0 Å². The number of nitrogens with zero attached hydrogens (tertiary/aromatic N) is 2. The summed E-state index contributed by atoms with van der Waals surface area (Å²) in [6.45, 7) is 5.72. The number of para-hydroxylation sites is 1. The summed E-state index contributed by atoms with van der Waals surface area (Å²) in [5.41, 5.74) is 1.04. The minimum atomic E-state index is -1.00. The molecule has 0 spiro atoms. The van der Waals surface area contributed by atoms with Gasteiger partial charge in [0, 0.05) is 13.1 Å². The number of likely N-dealkylation sites (tertiary alicyclic amines) is 1. The predicted molar refractivity (Wildman–Crippen MR) is 79.7 cm³/mol. The monoisotopic (exact) mass is 289 g/mol. The largest absolute Gasteiger partial charge is 0.478 e. The molecule has 21 heavy (non-hydrogen) atoms. The second kappa shape index (κ2) is 5.37. The van der Waals surface area contributed by atoms with Crippen molar-refractivity contribution in [1.29, 1.82) is 0 Å². The first-order chi connectivity index (χ1) is 10.1. The molecule has 0 amide bonds. The van der Waals surface area contributed by atoms with Gasteiger partial charge in [-0.3, -0.25) is 4.57 Å². The summed E-state index contributed by atoms with van der Waals surface area (Å²) in [6, 6.07) is 4.94. The van der Waals surface area contributed by atoms with Gasteiger partial charge >= 0.3 is 11.7 Å². The molecule has 1 aliphatic heterocycles. The van der Waals surface area contributed by atoms with Gasteiger partial charge in [-0.1, -0.05) is 13.0 Å². The second-order valence-corrected chi connectivity index (χ2v) is 5.60. The number of fused-ring (bicyclic) bond motifs is 1. The van der Waals surface area contributed by atoms with Crippen molar-refractivity contribution in [2.45, 2.75) is 19.9 Å². The quantitative estimate of drug-likeness (QED) is 0.891. The van der Waals surface area contributed by atoms with E-state index >= 15 is 0 Å². The molecule has 1 aromatic carbocycles. The number of nitrogens with one attached hydrogen (secondary N) is 1. The van der Waals surface area contributed by atoms with E-state index in [9.17, 15) is 14.7 Å². The Kier molecular flexibility index (Phi) is 3.55. The first kappa shape index (κ1) is 13.9. The molecule has 2 aromatic rings. The summed E-state index contributed by atoms with van der Waals surface area (Å²) in [4.78, 5) is 28.6. The number of aromatic carboxylic acids is 1. The minimum absolute atomic E-state index is 0.177. The van der Waals surface area contributed by atoms with E-state index in [0.29, 0.717) is 23.5 Å². The number of hydrogen-bond acceptors (Lipinski definition) is 3. The fraction of sp³-hybridized carbons (Fsp3) is 0.467. The van der Waals surface area contributed by atoms with Crippen LogP contribution in [0.1, 0.15) is 23.7 Å². The van der Waals surface area contributed by atoms with Crippen molar-refractivity contribution in [3.8, 4) is 0 Å².